The fraction of sp³-hybridized carbons (Fsp3) is 0.211. The summed E-state index contributed by atoms with van der Waals surface area (Å²) in [5, 5.41) is 21.7. The minimum atomic E-state index is -0.874. The normalized spacial score (nSPS) is 10.9. The molecule has 0 saturated heterocycles. The lowest BCUT2D eigenvalue weighted by Gasteiger charge is -2.05. The molecule has 0 aliphatic rings. The van der Waals surface area contributed by atoms with Crippen molar-refractivity contribution in [2.45, 2.75) is 19.8 Å². The van der Waals surface area contributed by atoms with Gasteiger partial charge in [-0.2, -0.15) is 0 Å². The van der Waals surface area contributed by atoms with E-state index >= 15 is 0 Å². The van der Waals surface area contributed by atoms with E-state index < -0.39 is 27.2 Å². The molecular weight excluding hydrogens is 352 g/mol. The summed E-state index contributed by atoms with van der Waals surface area (Å²) in [5.41, 5.74) is 0.812. The Kier molecular flexibility index (Phi) is 6.37. The molecule has 0 spiro atoms. The Bertz CT molecular complexity index is 855. The smallest absolute Gasteiger partial charge is 0.338 e. The number of esters is 1. The predicted octanol–water partition coefficient (Wildman–Crippen LogP) is 4.50. The Labute approximate surface area is 155 Å². The number of nitro groups is 2. The standard InChI is InChI=1S/C19H18N2O6/c1-13(2)15-7-5-14(6-8-15)4-3-9-27-19(22)16-10-17(20(23)24)12-18(11-16)21(25)26/h3-8,10-13H,9H2,1-2H3/b4-3+. The molecule has 8 heteroatoms. The molecule has 0 unspecified atom stereocenters. The largest absolute Gasteiger partial charge is 0.458 e. The molecule has 2 aromatic rings. The molecule has 0 heterocycles. The Morgan fingerprint density at radius 2 is 1.59 bits per heavy atom. The van der Waals surface area contributed by atoms with Gasteiger partial charge >= 0.3 is 5.97 Å². The first-order valence-corrected chi connectivity index (χ1v) is 8.15. The van der Waals surface area contributed by atoms with Crippen LogP contribution in [-0.2, 0) is 4.74 Å². The molecule has 0 aliphatic carbocycles. The second-order valence-corrected chi connectivity index (χ2v) is 6.07. The Balaban J connectivity index is 2.03. The molecule has 0 N–H and O–H groups in total. The highest BCUT2D eigenvalue weighted by atomic mass is 16.6. The van der Waals surface area contributed by atoms with Crippen LogP contribution in [0, 0.1) is 20.2 Å². The molecule has 0 radical (unpaired) electrons. The molecule has 2 rings (SSSR count). The molecule has 0 aromatic heterocycles. The number of non-ortho nitro benzene ring substituents is 2. The predicted molar refractivity (Wildman–Crippen MR) is 99.6 cm³/mol. The number of nitrogens with zero attached hydrogens (tertiary/aromatic N) is 2. The Morgan fingerprint density at radius 1 is 1.04 bits per heavy atom. The van der Waals surface area contributed by atoms with E-state index in [0.29, 0.717) is 5.92 Å². The lowest BCUT2D eigenvalue weighted by Crippen LogP contribution is -2.06. The minimum Gasteiger partial charge on any atom is -0.458 e. The van der Waals surface area contributed by atoms with E-state index in [-0.39, 0.29) is 12.2 Å². The van der Waals surface area contributed by atoms with Crippen LogP contribution in [0.3, 0.4) is 0 Å². The average Bonchev–Trinajstić information content (AvgIpc) is 2.64. The number of carbonyl (C=O) groups excluding carboxylic acids is 1. The van der Waals surface area contributed by atoms with Crippen LogP contribution in [0.2, 0.25) is 0 Å². The summed E-state index contributed by atoms with van der Waals surface area (Å²) < 4.78 is 5.01. The van der Waals surface area contributed by atoms with E-state index in [1.165, 1.54) is 5.56 Å². The van der Waals surface area contributed by atoms with Gasteiger partial charge < -0.3 is 4.74 Å². The van der Waals surface area contributed by atoms with Crippen molar-refractivity contribution in [2.24, 2.45) is 0 Å². The van der Waals surface area contributed by atoms with Crippen LogP contribution in [0.5, 0.6) is 0 Å². The van der Waals surface area contributed by atoms with Crippen molar-refractivity contribution in [3.63, 3.8) is 0 Å². The molecule has 0 bridgehead atoms. The van der Waals surface area contributed by atoms with Crippen molar-refractivity contribution in [3.8, 4) is 0 Å². The van der Waals surface area contributed by atoms with Crippen molar-refractivity contribution < 1.29 is 19.4 Å². The fourth-order valence-corrected chi connectivity index (χ4v) is 2.31. The average molecular weight is 370 g/mol. The summed E-state index contributed by atoms with van der Waals surface area (Å²) in [6, 6.07) is 10.6. The highest BCUT2D eigenvalue weighted by molar-refractivity contribution is 5.91. The summed E-state index contributed by atoms with van der Waals surface area (Å²) in [6.07, 6.45) is 3.39. The molecular formula is C19H18N2O6. The molecule has 27 heavy (non-hydrogen) atoms. The summed E-state index contributed by atoms with van der Waals surface area (Å²) in [5.74, 6) is -0.440. The third-order valence-electron chi connectivity index (χ3n) is 3.78. The molecule has 8 nitrogen and oxygen atoms in total. The maximum atomic E-state index is 12.0. The fourth-order valence-electron chi connectivity index (χ4n) is 2.31. The minimum absolute atomic E-state index is 0.0682. The lowest BCUT2D eigenvalue weighted by molar-refractivity contribution is -0.394. The summed E-state index contributed by atoms with van der Waals surface area (Å²) >= 11 is 0. The van der Waals surface area contributed by atoms with Gasteiger partial charge in [0.1, 0.15) is 6.61 Å². The summed E-state index contributed by atoms with van der Waals surface area (Å²) in [6.45, 7) is 4.13. The number of hydrogen-bond acceptors (Lipinski definition) is 6. The van der Waals surface area contributed by atoms with Crippen LogP contribution in [0.4, 0.5) is 11.4 Å². The van der Waals surface area contributed by atoms with Gasteiger partial charge in [0.05, 0.1) is 21.5 Å². The molecule has 0 saturated carbocycles. The number of rotatable bonds is 7. The third-order valence-corrected chi connectivity index (χ3v) is 3.78. The summed E-state index contributed by atoms with van der Waals surface area (Å²) in [4.78, 5) is 32.1. The first-order chi connectivity index (χ1) is 12.8. The van der Waals surface area contributed by atoms with Gasteiger partial charge in [-0.15, -0.1) is 0 Å². The van der Waals surface area contributed by atoms with Gasteiger partial charge in [-0.25, -0.2) is 4.79 Å². The van der Waals surface area contributed by atoms with Crippen LogP contribution in [0.1, 0.15) is 41.3 Å². The zero-order valence-corrected chi connectivity index (χ0v) is 14.8. The second-order valence-electron chi connectivity index (χ2n) is 6.07. The zero-order chi connectivity index (χ0) is 20.0. The molecule has 2 aromatic carbocycles. The van der Waals surface area contributed by atoms with Gasteiger partial charge in [-0.05, 0) is 23.1 Å². The summed E-state index contributed by atoms with van der Waals surface area (Å²) in [7, 11) is 0. The van der Waals surface area contributed by atoms with Gasteiger partial charge in [-0.3, -0.25) is 20.2 Å². The topological polar surface area (TPSA) is 113 Å². The maximum absolute atomic E-state index is 12.0. The monoisotopic (exact) mass is 370 g/mol. The number of nitro benzene ring substituents is 2. The molecule has 0 aliphatic heterocycles. The van der Waals surface area contributed by atoms with Crippen LogP contribution < -0.4 is 0 Å². The van der Waals surface area contributed by atoms with Gasteiger partial charge in [0.2, 0.25) is 0 Å². The van der Waals surface area contributed by atoms with Crippen molar-refractivity contribution in [1.29, 1.82) is 0 Å². The quantitative estimate of drug-likeness (QED) is 0.403. The molecule has 0 amide bonds. The SMILES string of the molecule is CC(C)c1ccc(/C=C/COC(=O)c2cc([N+](=O)[O-])cc([N+](=O)[O-])c2)cc1. The van der Waals surface area contributed by atoms with Crippen molar-refractivity contribution in [1.82, 2.24) is 0 Å². The lowest BCUT2D eigenvalue weighted by atomic mass is 10.0. The zero-order valence-electron chi connectivity index (χ0n) is 14.8. The molecule has 140 valence electrons. The van der Waals surface area contributed by atoms with Gasteiger partial charge in [0.15, 0.2) is 0 Å². The maximum Gasteiger partial charge on any atom is 0.338 e. The van der Waals surface area contributed by atoms with Gasteiger partial charge in [-0.1, -0.05) is 44.2 Å². The van der Waals surface area contributed by atoms with Crippen LogP contribution in [0.15, 0.2) is 48.5 Å². The number of carbonyl (C=O) groups is 1. The first-order valence-electron chi connectivity index (χ1n) is 8.15. The third kappa shape index (κ3) is 5.46. The van der Waals surface area contributed by atoms with E-state index in [9.17, 15) is 25.0 Å². The van der Waals surface area contributed by atoms with E-state index in [1.54, 1.807) is 12.2 Å². The van der Waals surface area contributed by atoms with Crippen molar-refractivity contribution in [3.05, 3.63) is 85.5 Å². The first kappa shape index (κ1) is 19.8. The Hall–Kier alpha value is -3.55. The van der Waals surface area contributed by atoms with Gasteiger partial charge in [0.25, 0.3) is 11.4 Å². The van der Waals surface area contributed by atoms with Crippen molar-refractivity contribution in [2.75, 3.05) is 6.61 Å². The van der Waals surface area contributed by atoms with Gasteiger partial charge in [0, 0.05) is 12.1 Å². The Morgan fingerprint density at radius 3 is 2.07 bits per heavy atom. The van der Waals surface area contributed by atoms with E-state index in [1.807, 2.05) is 24.3 Å². The van der Waals surface area contributed by atoms with E-state index in [2.05, 4.69) is 13.8 Å². The van der Waals surface area contributed by atoms with Crippen LogP contribution in [-0.4, -0.2) is 22.4 Å². The molecule has 0 atom stereocenters. The highest BCUT2D eigenvalue weighted by Crippen LogP contribution is 2.23. The van der Waals surface area contributed by atoms with E-state index in [0.717, 1.165) is 23.8 Å². The van der Waals surface area contributed by atoms with Crippen molar-refractivity contribution >= 4 is 23.4 Å². The van der Waals surface area contributed by atoms with E-state index in [4.69, 9.17) is 4.74 Å². The molecule has 0 fully saturated rings. The number of ether oxygens (including phenoxy) is 1. The second kappa shape index (κ2) is 8.70. The van der Waals surface area contributed by atoms with Crippen LogP contribution in [0.25, 0.3) is 6.08 Å². The number of hydrogen-bond donors (Lipinski definition) is 0. The van der Waals surface area contributed by atoms with Crippen LogP contribution >= 0.6 is 0 Å². The number of benzene rings is 2. The highest BCUT2D eigenvalue weighted by Gasteiger charge is 2.20.